The van der Waals surface area contributed by atoms with Crippen LogP contribution in [0.4, 0.5) is 23.4 Å². The van der Waals surface area contributed by atoms with Crippen molar-refractivity contribution in [3.05, 3.63) is 36.3 Å². The number of anilines is 4. The first-order chi connectivity index (χ1) is 17.1. The van der Waals surface area contributed by atoms with Crippen LogP contribution in [-0.2, 0) is 4.74 Å². The number of fused-ring (bicyclic) bond motifs is 1. The van der Waals surface area contributed by atoms with Crippen LogP contribution in [-0.4, -0.2) is 71.3 Å². The van der Waals surface area contributed by atoms with Crippen molar-refractivity contribution in [2.75, 3.05) is 60.4 Å². The third-order valence-corrected chi connectivity index (χ3v) is 7.82. The first kappa shape index (κ1) is 24.1. The summed E-state index contributed by atoms with van der Waals surface area (Å²) >= 11 is 1.92. The largest absolute Gasteiger partial charge is 0.381 e. The van der Waals surface area contributed by atoms with Gasteiger partial charge >= 0.3 is 0 Å². The standard InChI is InChI=1S/C26H35N7OS/c1-17(2)21-12-29-25(33-14-18(15-33)16-35-4)22-13-28-24(11-20(21)22)30-23-5-8-27-26(31-23)32-9-6-19(34-3)7-10-32/h5,8,11-13,17-19H,6-7,9-10,14-16H2,1-4H3,(H,27,28,30,31). The van der Waals surface area contributed by atoms with Gasteiger partial charge in [0.15, 0.2) is 0 Å². The van der Waals surface area contributed by atoms with Gasteiger partial charge in [-0.15, -0.1) is 0 Å². The minimum absolute atomic E-state index is 0.330. The van der Waals surface area contributed by atoms with Gasteiger partial charge in [0.1, 0.15) is 17.5 Å². The summed E-state index contributed by atoms with van der Waals surface area (Å²) in [6.45, 7) is 8.36. The lowest BCUT2D eigenvalue weighted by Crippen LogP contribution is -2.48. The summed E-state index contributed by atoms with van der Waals surface area (Å²) in [5.74, 6) is 5.64. The van der Waals surface area contributed by atoms with Gasteiger partial charge in [-0.05, 0) is 53.9 Å². The van der Waals surface area contributed by atoms with Crippen molar-refractivity contribution in [1.29, 1.82) is 0 Å². The maximum atomic E-state index is 5.49. The molecule has 0 unspecified atom stereocenters. The first-order valence-corrected chi connectivity index (χ1v) is 13.9. The fraction of sp³-hybridized carbons (Fsp3) is 0.538. The molecule has 0 radical (unpaired) electrons. The summed E-state index contributed by atoms with van der Waals surface area (Å²) in [6.07, 6.45) is 10.3. The molecule has 9 heteroatoms. The third kappa shape index (κ3) is 5.16. The predicted molar refractivity (Wildman–Crippen MR) is 145 cm³/mol. The lowest BCUT2D eigenvalue weighted by molar-refractivity contribution is 0.0816. The highest BCUT2D eigenvalue weighted by Crippen LogP contribution is 2.35. The predicted octanol–water partition coefficient (Wildman–Crippen LogP) is 4.70. The molecule has 5 rings (SSSR count). The zero-order valence-electron chi connectivity index (χ0n) is 21.1. The molecule has 35 heavy (non-hydrogen) atoms. The molecule has 3 aromatic rings. The van der Waals surface area contributed by atoms with Crippen LogP contribution in [0, 0.1) is 5.92 Å². The van der Waals surface area contributed by atoms with Crippen molar-refractivity contribution < 1.29 is 4.74 Å². The SMILES string of the molecule is COC1CCN(c2nccc(Nc3cc4c(C(C)C)cnc(N5CC(CSC)C5)c4cn3)n2)CC1. The molecule has 0 aromatic carbocycles. The number of aromatic nitrogens is 4. The van der Waals surface area contributed by atoms with Gasteiger partial charge in [-0.3, -0.25) is 0 Å². The molecule has 0 spiro atoms. The van der Waals surface area contributed by atoms with E-state index in [1.54, 1.807) is 7.11 Å². The van der Waals surface area contributed by atoms with Gasteiger partial charge in [-0.25, -0.2) is 15.0 Å². The summed E-state index contributed by atoms with van der Waals surface area (Å²) in [5, 5.41) is 5.73. The van der Waals surface area contributed by atoms with Gasteiger partial charge < -0.3 is 19.9 Å². The Labute approximate surface area is 211 Å². The van der Waals surface area contributed by atoms with E-state index in [-0.39, 0.29) is 0 Å². The molecule has 2 aliphatic rings. The first-order valence-electron chi connectivity index (χ1n) is 12.5. The highest BCUT2D eigenvalue weighted by molar-refractivity contribution is 7.98. The van der Waals surface area contributed by atoms with E-state index < -0.39 is 0 Å². The van der Waals surface area contributed by atoms with Crippen LogP contribution in [0.5, 0.6) is 0 Å². The van der Waals surface area contributed by atoms with E-state index in [9.17, 15) is 0 Å². The molecule has 0 amide bonds. The maximum absolute atomic E-state index is 5.49. The second kappa shape index (κ2) is 10.5. The average molecular weight is 494 g/mol. The fourth-order valence-electron chi connectivity index (χ4n) is 5.00. The van der Waals surface area contributed by atoms with Gasteiger partial charge in [0.2, 0.25) is 5.95 Å². The lowest BCUT2D eigenvalue weighted by atomic mass is 9.97. The van der Waals surface area contributed by atoms with Gasteiger partial charge in [-0.2, -0.15) is 16.7 Å². The Balaban J connectivity index is 1.38. The van der Waals surface area contributed by atoms with E-state index in [2.05, 4.69) is 46.3 Å². The molecule has 0 atom stereocenters. The molecular formula is C26H35N7OS. The van der Waals surface area contributed by atoms with Gasteiger partial charge in [0.25, 0.3) is 0 Å². The van der Waals surface area contributed by atoms with Crippen molar-refractivity contribution in [2.45, 2.75) is 38.7 Å². The van der Waals surface area contributed by atoms with Gasteiger partial charge in [-0.1, -0.05) is 13.8 Å². The van der Waals surface area contributed by atoms with E-state index in [1.807, 2.05) is 36.4 Å². The highest BCUT2D eigenvalue weighted by atomic mass is 32.2. The van der Waals surface area contributed by atoms with Crippen molar-refractivity contribution in [3.63, 3.8) is 0 Å². The number of thioether (sulfide) groups is 1. The van der Waals surface area contributed by atoms with E-state index in [1.165, 1.54) is 16.7 Å². The number of nitrogens with zero attached hydrogens (tertiary/aromatic N) is 6. The van der Waals surface area contributed by atoms with Gasteiger partial charge in [0.05, 0.1) is 6.10 Å². The molecule has 0 aliphatic carbocycles. The number of rotatable bonds is 8. The minimum Gasteiger partial charge on any atom is -0.381 e. The summed E-state index contributed by atoms with van der Waals surface area (Å²) in [7, 11) is 1.79. The van der Waals surface area contributed by atoms with Crippen LogP contribution in [0.2, 0.25) is 0 Å². The Kier molecular flexibility index (Phi) is 7.24. The second-order valence-electron chi connectivity index (χ2n) is 9.82. The Morgan fingerprint density at radius 3 is 2.57 bits per heavy atom. The molecule has 8 nitrogen and oxygen atoms in total. The number of hydrogen-bond donors (Lipinski definition) is 1. The number of methoxy groups -OCH3 is 1. The zero-order chi connectivity index (χ0) is 24.4. The third-order valence-electron chi connectivity index (χ3n) is 7.02. The van der Waals surface area contributed by atoms with Crippen molar-refractivity contribution in [1.82, 2.24) is 19.9 Å². The Morgan fingerprint density at radius 1 is 1.06 bits per heavy atom. The van der Waals surface area contributed by atoms with Gasteiger partial charge in [0, 0.05) is 63.2 Å². The van der Waals surface area contributed by atoms with Crippen LogP contribution in [0.3, 0.4) is 0 Å². The molecule has 2 saturated heterocycles. The molecule has 186 valence electrons. The van der Waals surface area contributed by atoms with Crippen LogP contribution < -0.4 is 15.1 Å². The van der Waals surface area contributed by atoms with Crippen LogP contribution in [0.15, 0.2) is 30.7 Å². The number of piperidine rings is 1. The summed E-state index contributed by atoms with van der Waals surface area (Å²) < 4.78 is 5.49. The molecule has 0 saturated carbocycles. The van der Waals surface area contributed by atoms with Crippen LogP contribution in [0.1, 0.15) is 38.2 Å². The van der Waals surface area contributed by atoms with E-state index in [0.717, 1.165) is 73.7 Å². The Hall–Kier alpha value is -2.65. The van der Waals surface area contributed by atoms with E-state index in [4.69, 9.17) is 19.7 Å². The second-order valence-corrected chi connectivity index (χ2v) is 10.7. The van der Waals surface area contributed by atoms with Crippen LogP contribution >= 0.6 is 11.8 Å². The normalized spacial score (nSPS) is 17.3. The monoisotopic (exact) mass is 493 g/mol. The smallest absolute Gasteiger partial charge is 0.227 e. The van der Waals surface area contributed by atoms with Crippen LogP contribution in [0.25, 0.3) is 10.8 Å². The average Bonchev–Trinajstić information content (AvgIpc) is 2.85. The number of hydrogen-bond acceptors (Lipinski definition) is 9. The minimum atomic E-state index is 0.330. The fourth-order valence-corrected chi connectivity index (χ4v) is 5.68. The molecule has 0 bridgehead atoms. The highest BCUT2D eigenvalue weighted by Gasteiger charge is 2.29. The summed E-state index contributed by atoms with van der Waals surface area (Å²) in [5.41, 5.74) is 1.24. The molecule has 2 aliphatic heterocycles. The van der Waals surface area contributed by atoms with E-state index >= 15 is 0 Å². The van der Waals surface area contributed by atoms with Crippen molar-refractivity contribution in [2.24, 2.45) is 5.92 Å². The molecule has 3 aromatic heterocycles. The summed E-state index contributed by atoms with van der Waals surface area (Å²) in [6, 6.07) is 4.03. The number of nitrogens with one attached hydrogen (secondary N) is 1. The number of ether oxygens (including phenoxy) is 1. The Bertz CT molecular complexity index is 1160. The zero-order valence-corrected chi connectivity index (χ0v) is 21.9. The topological polar surface area (TPSA) is 79.3 Å². The quantitative estimate of drug-likeness (QED) is 0.480. The molecule has 2 fully saturated rings. The lowest BCUT2D eigenvalue weighted by Gasteiger charge is -2.40. The van der Waals surface area contributed by atoms with Crippen molar-refractivity contribution >= 4 is 45.9 Å². The molecule has 1 N–H and O–H groups in total. The van der Waals surface area contributed by atoms with E-state index in [0.29, 0.717) is 12.0 Å². The Morgan fingerprint density at radius 2 is 1.86 bits per heavy atom. The molecule has 5 heterocycles. The molecular weight excluding hydrogens is 458 g/mol. The maximum Gasteiger partial charge on any atom is 0.227 e. The van der Waals surface area contributed by atoms with Crippen molar-refractivity contribution in [3.8, 4) is 0 Å². The number of pyridine rings is 2. The summed E-state index contributed by atoms with van der Waals surface area (Å²) in [4.78, 5) is 23.5.